The normalized spacial score (nSPS) is 19.5. The zero-order chi connectivity index (χ0) is 24.2. The molecular formula is C25H30Cl3N5O. The van der Waals surface area contributed by atoms with Crippen molar-refractivity contribution in [1.29, 1.82) is 0 Å². The molecule has 0 radical (unpaired) electrons. The molecule has 6 nitrogen and oxygen atoms in total. The molecule has 2 aliphatic rings. The molecule has 1 fully saturated rings. The standard InChI is InChI=1S/C25H30Cl3N5O/c1-3-20(4-2)31-11-13-32(14-12-31)30-25(34)22-16-24(17-5-7-18(26)8-6-17)33(29-22)23-10-9-19(27)15-21(23)28/h5-10,15,20,24H,3-4,11-14,16H2,1-2H3,(H,30,34). The predicted octanol–water partition coefficient (Wildman–Crippen LogP) is 5.79. The van der Waals surface area contributed by atoms with Crippen LogP contribution in [0.25, 0.3) is 0 Å². The molecule has 0 saturated carbocycles. The molecule has 2 heterocycles. The number of nitrogens with one attached hydrogen (secondary N) is 1. The SMILES string of the molecule is CCC(CC)N1CCN(NC(=O)C2=NN(c3ccc(Cl)cc3Cl)C(c3ccc(Cl)cc3)C2)CC1. The van der Waals surface area contributed by atoms with E-state index in [9.17, 15) is 4.79 Å². The van der Waals surface area contributed by atoms with E-state index < -0.39 is 0 Å². The van der Waals surface area contributed by atoms with Crippen LogP contribution in [0.1, 0.15) is 44.7 Å². The topological polar surface area (TPSA) is 51.2 Å². The van der Waals surface area contributed by atoms with Crippen LogP contribution in [-0.2, 0) is 4.79 Å². The number of hydrogen-bond acceptors (Lipinski definition) is 5. The Morgan fingerprint density at radius 2 is 1.65 bits per heavy atom. The monoisotopic (exact) mass is 521 g/mol. The largest absolute Gasteiger partial charge is 0.298 e. The molecule has 2 aromatic carbocycles. The predicted molar refractivity (Wildman–Crippen MR) is 141 cm³/mol. The third kappa shape index (κ3) is 5.69. The summed E-state index contributed by atoms with van der Waals surface area (Å²) in [5.41, 5.74) is 5.24. The van der Waals surface area contributed by atoms with Gasteiger partial charge in [-0.15, -0.1) is 0 Å². The average molecular weight is 523 g/mol. The summed E-state index contributed by atoms with van der Waals surface area (Å²) in [4.78, 5) is 15.7. The minimum Gasteiger partial charge on any atom is -0.298 e. The molecule has 1 atom stereocenters. The zero-order valence-electron chi connectivity index (χ0n) is 19.5. The van der Waals surface area contributed by atoms with Crippen LogP contribution >= 0.6 is 34.8 Å². The second kappa shape index (κ2) is 11.3. The first-order chi connectivity index (χ1) is 16.4. The number of hydrazine groups is 1. The summed E-state index contributed by atoms with van der Waals surface area (Å²) in [6.07, 6.45) is 2.75. The van der Waals surface area contributed by atoms with Crippen LogP contribution < -0.4 is 10.4 Å². The Morgan fingerprint density at radius 3 is 2.26 bits per heavy atom. The van der Waals surface area contributed by atoms with Gasteiger partial charge in [-0.1, -0.05) is 60.8 Å². The first-order valence-electron chi connectivity index (χ1n) is 11.8. The van der Waals surface area contributed by atoms with Gasteiger partial charge in [0.15, 0.2) is 0 Å². The molecule has 1 N–H and O–H groups in total. The van der Waals surface area contributed by atoms with Gasteiger partial charge in [0.25, 0.3) is 5.91 Å². The maximum absolute atomic E-state index is 13.2. The van der Waals surface area contributed by atoms with Crippen LogP contribution in [0.3, 0.4) is 0 Å². The molecule has 1 saturated heterocycles. The molecule has 9 heteroatoms. The van der Waals surface area contributed by atoms with Crippen LogP contribution in [0.4, 0.5) is 5.69 Å². The molecule has 0 aromatic heterocycles. The quantitative estimate of drug-likeness (QED) is 0.500. The van der Waals surface area contributed by atoms with Crippen molar-refractivity contribution in [3.05, 3.63) is 63.1 Å². The van der Waals surface area contributed by atoms with Gasteiger partial charge in [0.1, 0.15) is 5.71 Å². The van der Waals surface area contributed by atoms with Gasteiger partial charge < -0.3 is 0 Å². The lowest BCUT2D eigenvalue weighted by Gasteiger charge is -2.38. The third-order valence-electron chi connectivity index (χ3n) is 6.62. The number of halogens is 3. The highest BCUT2D eigenvalue weighted by molar-refractivity contribution is 6.40. The second-order valence-electron chi connectivity index (χ2n) is 8.69. The first-order valence-corrected chi connectivity index (χ1v) is 12.9. The van der Waals surface area contributed by atoms with Crippen LogP contribution in [0, 0.1) is 0 Å². The number of benzene rings is 2. The van der Waals surface area contributed by atoms with E-state index in [1.54, 1.807) is 12.1 Å². The lowest BCUT2D eigenvalue weighted by Crippen LogP contribution is -2.56. The molecular weight excluding hydrogens is 493 g/mol. The summed E-state index contributed by atoms with van der Waals surface area (Å²) >= 11 is 18.7. The van der Waals surface area contributed by atoms with Crippen LogP contribution in [0.15, 0.2) is 47.6 Å². The van der Waals surface area contributed by atoms with Crippen molar-refractivity contribution < 1.29 is 4.79 Å². The number of piperazine rings is 1. The molecule has 2 aliphatic heterocycles. The average Bonchev–Trinajstić information content (AvgIpc) is 3.27. The molecule has 182 valence electrons. The van der Waals surface area contributed by atoms with Gasteiger partial charge in [-0.25, -0.2) is 5.01 Å². The van der Waals surface area contributed by atoms with E-state index in [1.165, 1.54) is 0 Å². The van der Waals surface area contributed by atoms with E-state index in [0.29, 0.717) is 38.9 Å². The van der Waals surface area contributed by atoms with Gasteiger partial charge >= 0.3 is 0 Å². The summed E-state index contributed by atoms with van der Waals surface area (Å²) in [5, 5.41) is 10.2. The Morgan fingerprint density at radius 1 is 1.00 bits per heavy atom. The maximum atomic E-state index is 13.2. The summed E-state index contributed by atoms with van der Waals surface area (Å²) in [5.74, 6) is -0.178. The van der Waals surface area contributed by atoms with Crippen molar-refractivity contribution >= 4 is 52.1 Å². The van der Waals surface area contributed by atoms with Gasteiger partial charge in [-0.3, -0.25) is 20.1 Å². The number of hydrazone groups is 1. The number of carbonyl (C=O) groups is 1. The third-order valence-corrected chi connectivity index (χ3v) is 7.41. The summed E-state index contributed by atoms with van der Waals surface area (Å²) < 4.78 is 0. The number of nitrogens with zero attached hydrogens (tertiary/aromatic N) is 4. The number of carbonyl (C=O) groups excluding carboxylic acids is 1. The van der Waals surface area contributed by atoms with Crippen LogP contribution in [0.2, 0.25) is 15.1 Å². The highest BCUT2D eigenvalue weighted by Gasteiger charge is 2.34. The van der Waals surface area contributed by atoms with Crippen molar-refractivity contribution in [2.45, 2.75) is 45.2 Å². The van der Waals surface area contributed by atoms with Gasteiger partial charge in [-0.05, 0) is 48.7 Å². The van der Waals surface area contributed by atoms with Crippen molar-refractivity contribution in [2.24, 2.45) is 5.10 Å². The Kier molecular flexibility index (Phi) is 8.38. The summed E-state index contributed by atoms with van der Waals surface area (Å²) in [6, 6.07) is 13.3. The van der Waals surface area contributed by atoms with Crippen molar-refractivity contribution in [3.63, 3.8) is 0 Å². The van der Waals surface area contributed by atoms with Crippen LogP contribution in [0.5, 0.6) is 0 Å². The molecule has 1 amide bonds. The maximum Gasteiger partial charge on any atom is 0.281 e. The van der Waals surface area contributed by atoms with Gasteiger partial charge in [0, 0.05) is 48.7 Å². The van der Waals surface area contributed by atoms with Gasteiger partial charge in [-0.2, -0.15) is 5.10 Å². The molecule has 0 spiro atoms. The Balaban J connectivity index is 1.50. The van der Waals surface area contributed by atoms with Gasteiger partial charge in [0.05, 0.1) is 16.8 Å². The molecule has 0 aliphatic carbocycles. The number of amides is 1. The van der Waals surface area contributed by atoms with Crippen molar-refractivity contribution in [2.75, 3.05) is 31.2 Å². The number of rotatable bonds is 7. The fraction of sp³-hybridized carbons (Fsp3) is 0.440. The number of anilines is 1. The summed E-state index contributed by atoms with van der Waals surface area (Å²) in [7, 11) is 0. The van der Waals surface area contributed by atoms with E-state index >= 15 is 0 Å². The van der Waals surface area contributed by atoms with Crippen molar-refractivity contribution in [1.82, 2.24) is 15.3 Å². The Hall–Kier alpha value is -1.83. The Labute approximate surface area is 216 Å². The highest BCUT2D eigenvalue weighted by atomic mass is 35.5. The first kappa shape index (κ1) is 25.3. The minimum absolute atomic E-state index is 0.177. The van der Waals surface area contributed by atoms with E-state index in [1.807, 2.05) is 40.3 Å². The van der Waals surface area contributed by atoms with E-state index in [0.717, 1.165) is 44.6 Å². The van der Waals surface area contributed by atoms with Crippen LogP contribution in [-0.4, -0.2) is 53.7 Å². The lowest BCUT2D eigenvalue weighted by molar-refractivity contribution is -0.120. The fourth-order valence-electron chi connectivity index (χ4n) is 4.69. The zero-order valence-corrected chi connectivity index (χ0v) is 21.7. The smallest absolute Gasteiger partial charge is 0.281 e. The Bertz CT molecular complexity index is 1030. The summed E-state index contributed by atoms with van der Waals surface area (Å²) in [6.45, 7) is 7.94. The number of hydrogen-bond donors (Lipinski definition) is 1. The molecule has 2 aromatic rings. The van der Waals surface area contributed by atoms with Crippen molar-refractivity contribution in [3.8, 4) is 0 Å². The molecule has 0 bridgehead atoms. The van der Waals surface area contributed by atoms with E-state index in [4.69, 9.17) is 39.9 Å². The molecule has 34 heavy (non-hydrogen) atoms. The second-order valence-corrected chi connectivity index (χ2v) is 9.97. The van der Waals surface area contributed by atoms with Gasteiger partial charge in [0.2, 0.25) is 0 Å². The molecule has 4 rings (SSSR count). The minimum atomic E-state index is -0.178. The lowest BCUT2D eigenvalue weighted by atomic mass is 10.0. The van der Waals surface area contributed by atoms with E-state index in [2.05, 4.69) is 24.2 Å². The molecule has 1 unspecified atom stereocenters. The fourth-order valence-corrected chi connectivity index (χ4v) is 5.31. The van der Waals surface area contributed by atoms with E-state index in [-0.39, 0.29) is 11.9 Å². The highest BCUT2D eigenvalue weighted by Crippen LogP contribution is 2.39.